The van der Waals surface area contributed by atoms with Crippen molar-refractivity contribution in [3.63, 3.8) is 0 Å². The Labute approximate surface area is 86.9 Å². The molecule has 3 rings (SSSR count). The van der Waals surface area contributed by atoms with Gasteiger partial charge in [0.2, 0.25) is 0 Å². The lowest BCUT2D eigenvalue weighted by Crippen LogP contribution is -2.26. The fourth-order valence-electron chi connectivity index (χ4n) is 1.73. The van der Waals surface area contributed by atoms with Gasteiger partial charge in [0.1, 0.15) is 5.75 Å². The summed E-state index contributed by atoms with van der Waals surface area (Å²) in [6, 6.07) is 8.01. The fraction of sp³-hybridized carbons (Fsp3) is 0.273. The summed E-state index contributed by atoms with van der Waals surface area (Å²) in [4.78, 5) is 1.15. The Morgan fingerprint density at radius 1 is 1.36 bits per heavy atom. The third-order valence-electron chi connectivity index (χ3n) is 2.34. The molecule has 0 radical (unpaired) electrons. The van der Waals surface area contributed by atoms with E-state index >= 15 is 0 Å². The van der Waals surface area contributed by atoms with Crippen LogP contribution in [0.5, 0.6) is 5.75 Å². The average Bonchev–Trinajstić information content (AvgIpc) is 2.69. The Bertz CT molecular complexity index is 375. The molecule has 0 bridgehead atoms. The Hall–Kier alpha value is -0.930. The SMILES string of the molecule is C=C1COC2(C1)Oc1ccccc1S2. The van der Waals surface area contributed by atoms with E-state index in [2.05, 4.69) is 12.6 Å². The quantitative estimate of drug-likeness (QED) is 0.608. The van der Waals surface area contributed by atoms with E-state index < -0.39 is 5.12 Å². The van der Waals surface area contributed by atoms with Gasteiger partial charge in [0, 0.05) is 6.42 Å². The maximum atomic E-state index is 5.81. The van der Waals surface area contributed by atoms with Crippen molar-refractivity contribution in [1.29, 1.82) is 0 Å². The van der Waals surface area contributed by atoms with Crippen LogP contribution in [0.2, 0.25) is 0 Å². The van der Waals surface area contributed by atoms with Crippen molar-refractivity contribution in [1.82, 2.24) is 0 Å². The minimum absolute atomic E-state index is 0.513. The highest BCUT2D eigenvalue weighted by atomic mass is 32.2. The second-order valence-electron chi connectivity index (χ2n) is 3.55. The van der Waals surface area contributed by atoms with Gasteiger partial charge in [-0.3, -0.25) is 0 Å². The molecule has 14 heavy (non-hydrogen) atoms. The van der Waals surface area contributed by atoms with Crippen LogP contribution >= 0.6 is 11.8 Å². The molecule has 0 aromatic heterocycles. The summed E-state index contributed by atoms with van der Waals surface area (Å²) in [6.45, 7) is 4.53. The number of fused-ring (bicyclic) bond motifs is 1. The topological polar surface area (TPSA) is 18.5 Å². The number of hydrogen-bond donors (Lipinski definition) is 0. The van der Waals surface area contributed by atoms with Crippen molar-refractivity contribution in [2.24, 2.45) is 0 Å². The van der Waals surface area contributed by atoms with Crippen LogP contribution in [0.4, 0.5) is 0 Å². The second kappa shape index (κ2) is 2.78. The normalized spacial score (nSPS) is 29.3. The van der Waals surface area contributed by atoms with Gasteiger partial charge in [0.05, 0.1) is 11.5 Å². The zero-order chi connectivity index (χ0) is 9.60. The molecule has 0 amide bonds. The van der Waals surface area contributed by atoms with E-state index in [0.29, 0.717) is 6.61 Å². The number of thioether (sulfide) groups is 1. The Morgan fingerprint density at radius 3 is 2.93 bits per heavy atom. The summed E-state index contributed by atoms with van der Waals surface area (Å²) in [6.07, 6.45) is 0.784. The number of para-hydroxylation sites is 1. The maximum absolute atomic E-state index is 5.81. The molecule has 2 heterocycles. The molecule has 1 atom stereocenters. The minimum atomic E-state index is -0.513. The zero-order valence-electron chi connectivity index (χ0n) is 7.66. The lowest BCUT2D eigenvalue weighted by atomic mass is 10.2. The molecule has 1 aromatic rings. The van der Waals surface area contributed by atoms with Crippen molar-refractivity contribution in [2.75, 3.05) is 6.61 Å². The van der Waals surface area contributed by atoms with Gasteiger partial charge in [-0.25, -0.2) is 0 Å². The van der Waals surface area contributed by atoms with Gasteiger partial charge >= 0.3 is 0 Å². The molecule has 1 spiro atoms. The van der Waals surface area contributed by atoms with Crippen molar-refractivity contribution in [3.05, 3.63) is 36.4 Å². The van der Waals surface area contributed by atoms with Crippen LogP contribution in [-0.2, 0) is 4.74 Å². The zero-order valence-corrected chi connectivity index (χ0v) is 8.47. The van der Waals surface area contributed by atoms with Crippen LogP contribution in [-0.4, -0.2) is 11.7 Å². The number of benzene rings is 1. The van der Waals surface area contributed by atoms with Crippen LogP contribution in [0, 0.1) is 0 Å². The van der Waals surface area contributed by atoms with Gasteiger partial charge in [-0.2, -0.15) is 0 Å². The smallest absolute Gasteiger partial charge is 0.268 e. The molecule has 1 saturated heterocycles. The van der Waals surface area contributed by atoms with E-state index in [1.165, 1.54) is 0 Å². The molecular weight excluding hydrogens is 196 g/mol. The summed E-state index contributed by atoms with van der Waals surface area (Å²) < 4.78 is 11.4. The molecule has 0 aliphatic carbocycles. The lowest BCUT2D eigenvalue weighted by Gasteiger charge is -2.19. The van der Waals surface area contributed by atoms with Gasteiger partial charge in [0.15, 0.2) is 0 Å². The molecule has 2 aliphatic rings. The van der Waals surface area contributed by atoms with Gasteiger partial charge in [-0.05, 0) is 29.5 Å². The van der Waals surface area contributed by atoms with Crippen LogP contribution in [0.3, 0.4) is 0 Å². The third kappa shape index (κ3) is 1.16. The van der Waals surface area contributed by atoms with Gasteiger partial charge in [-0.1, -0.05) is 18.7 Å². The summed E-state index contributed by atoms with van der Waals surface area (Å²) in [7, 11) is 0. The summed E-state index contributed by atoms with van der Waals surface area (Å²) in [5, 5.41) is -0.513. The van der Waals surface area contributed by atoms with Gasteiger partial charge < -0.3 is 9.47 Å². The number of rotatable bonds is 0. The van der Waals surface area contributed by atoms with E-state index in [1.807, 2.05) is 18.2 Å². The standard InChI is InChI=1S/C11H10O2S/c1-8-6-11(12-7-8)13-9-4-2-3-5-10(9)14-11/h2-5H,1,6-7H2. The Kier molecular flexibility index (Phi) is 1.66. The Balaban J connectivity index is 1.94. The molecule has 1 unspecified atom stereocenters. The first-order valence-electron chi connectivity index (χ1n) is 4.55. The predicted molar refractivity (Wildman–Crippen MR) is 55.4 cm³/mol. The first-order chi connectivity index (χ1) is 6.77. The molecule has 72 valence electrons. The second-order valence-corrected chi connectivity index (χ2v) is 4.82. The summed E-state index contributed by atoms with van der Waals surface area (Å²) in [5.74, 6) is 0.923. The van der Waals surface area contributed by atoms with E-state index in [1.54, 1.807) is 11.8 Å². The summed E-state index contributed by atoms with van der Waals surface area (Å²) >= 11 is 1.64. The highest BCUT2D eigenvalue weighted by Crippen LogP contribution is 2.52. The third-order valence-corrected chi connectivity index (χ3v) is 3.56. The van der Waals surface area contributed by atoms with Crippen LogP contribution in [0.15, 0.2) is 41.3 Å². The van der Waals surface area contributed by atoms with Crippen molar-refractivity contribution < 1.29 is 9.47 Å². The molecule has 2 nitrogen and oxygen atoms in total. The first kappa shape index (κ1) is 8.38. The predicted octanol–water partition coefficient (Wildman–Crippen LogP) is 2.80. The molecule has 1 aromatic carbocycles. The van der Waals surface area contributed by atoms with Crippen molar-refractivity contribution in [2.45, 2.75) is 16.4 Å². The van der Waals surface area contributed by atoms with Crippen LogP contribution in [0.25, 0.3) is 0 Å². The van der Waals surface area contributed by atoms with Crippen LogP contribution in [0.1, 0.15) is 6.42 Å². The highest BCUT2D eigenvalue weighted by molar-refractivity contribution is 8.00. The van der Waals surface area contributed by atoms with E-state index in [0.717, 1.165) is 22.6 Å². The molecule has 1 fully saturated rings. The van der Waals surface area contributed by atoms with Crippen molar-refractivity contribution in [3.8, 4) is 5.75 Å². The lowest BCUT2D eigenvalue weighted by molar-refractivity contribution is -0.0663. The molecule has 0 saturated carbocycles. The molecule has 2 aliphatic heterocycles. The van der Waals surface area contributed by atoms with Crippen molar-refractivity contribution >= 4 is 11.8 Å². The number of ether oxygens (including phenoxy) is 2. The highest BCUT2D eigenvalue weighted by Gasteiger charge is 2.45. The monoisotopic (exact) mass is 206 g/mol. The largest absolute Gasteiger partial charge is 0.451 e. The Morgan fingerprint density at radius 2 is 2.21 bits per heavy atom. The minimum Gasteiger partial charge on any atom is -0.451 e. The molecular formula is C11H10O2S. The first-order valence-corrected chi connectivity index (χ1v) is 5.37. The van der Waals surface area contributed by atoms with Gasteiger partial charge in [-0.15, -0.1) is 0 Å². The van der Waals surface area contributed by atoms with E-state index in [-0.39, 0.29) is 0 Å². The average molecular weight is 206 g/mol. The number of hydrogen-bond acceptors (Lipinski definition) is 3. The molecule has 3 heteroatoms. The fourth-order valence-corrected chi connectivity index (χ4v) is 2.94. The molecule has 0 N–H and O–H groups in total. The van der Waals surface area contributed by atoms with E-state index in [4.69, 9.17) is 9.47 Å². The maximum Gasteiger partial charge on any atom is 0.268 e. The van der Waals surface area contributed by atoms with Gasteiger partial charge in [0.25, 0.3) is 5.12 Å². The summed E-state index contributed by atoms with van der Waals surface area (Å²) in [5.41, 5.74) is 1.10. The van der Waals surface area contributed by atoms with Crippen LogP contribution < -0.4 is 4.74 Å². The van der Waals surface area contributed by atoms with E-state index in [9.17, 15) is 0 Å².